The van der Waals surface area contributed by atoms with Crippen LogP contribution < -0.4 is 13.9 Å². The molecule has 0 radical (unpaired) electrons. The van der Waals surface area contributed by atoms with Gasteiger partial charge in [-0.2, -0.15) is 6.07 Å². The molecule has 7 heteroatoms. The Labute approximate surface area is 338 Å². The zero-order chi connectivity index (χ0) is 40.8. The number of rotatable bonds is 5. The molecule has 0 amide bonds. The second kappa shape index (κ2) is 13.6. The molecule has 4 aromatic carbocycles. The fourth-order valence-electron chi connectivity index (χ4n) is 6.80. The van der Waals surface area contributed by atoms with Gasteiger partial charge in [0.1, 0.15) is 11.5 Å². The van der Waals surface area contributed by atoms with Gasteiger partial charge in [0.25, 0.3) is 11.4 Å². The standard InChI is InChI=1S/C47H45N5O.Pt/c1-45(2,3)31-20-23-49-44(26-31)52-39-21-22-48-29-37(39)36-19-18-34(28-43(36)52)53-35-25-32(46(4,5)6)24-33(27-35)50-30-51(42-17-13-12-16-41(42)50)40-15-11-10-14-38(40)47(7,8)9;/h10-26,29H,1-9H3;/q;+2/i12D,13D,16D,17D;. The molecule has 8 rings (SSSR count). The largest absolute Gasteiger partial charge is 2.00 e. The third-order valence-corrected chi connectivity index (χ3v) is 9.70. The Hall–Kier alpha value is -5.15. The van der Waals surface area contributed by atoms with E-state index >= 15 is 0 Å². The molecule has 4 heterocycles. The SMILES string of the molecule is [2H]c1c([2H])c([2H])c2c(c1[2H])[N+](c1[c-]c(Oc3[c-]c4c(cc3)c3cnccc3n4-c3cc(C(C)(C)C)ccn3)cc(C(C)(C)C)c1)=C=[N+]2c1ccccc1C(C)(C)C.[Pt+2]. The van der Waals surface area contributed by atoms with Crippen LogP contribution >= 0.6 is 0 Å². The topological polar surface area (TPSA) is 46.0 Å². The maximum Gasteiger partial charge on any atom is 2.00 e. The summed E-state index contributed by atoms with van der Waals surface area (Å²) >= 11 is 0. The summed E-state index contributed by atoms with van der Waals surface area (Å²) in [6.07, 6.45) is 5.49. The minimum atomic E-state index is -0.324. The quantitative estimate of drug-likeness (QED) is 0.128. The average molecular weight is 895 g/mol. The number of fused-ring (bicyclic) bond motifs is 4. The number of aromatic nitrogens is 3. The Morgan fingerprint density at radius 1 is 0.704 bits per heavy atom. The van der Waals surface area contributed by atoms with Crippen molar-refractivity contribution in [1.82, 2.24) is 23.7 Å². The molecular formula is C47H45N5OPt+2. The van der Waals surface area contributed by atoms with Crippen LogP contribution in [0.5, 0.6) is 11.5 Å². The summed E-state index contributed by atoms with van der Waals surface area (Å²) < 4.78 is 47.7. The first kappa shape index (κ1) is 32.3. The number of ether oxygens (including phenoxy) is 1. The first-order valence-corrected chi connectivity index (χ1v) is 17.9. The molecule has 6 nitrogen and oxygen atoms in total. The number of nitrogens with zero attached hydrogens (tertiary/aromatic N) is 5. The van der Waals surface area contributed by atoms with E-state index in [4.69, 9.17) is 15.2 Å². The first-order valence-electron chi connectivity index (χ1n) is 19.9. The van der Waals surface area contributed by atoms with Gasteiger partial charge in [0, 0.05) is 59.3 Å². The molecule has 0 unspecified atom stereocenters. The van der Waals surface area contributed by atoms with E-state index in [9.17, 15) is 0 Å². The number of pyridine rings is 2. The molecule has 0 saturated carbocycles. The number of para-hydroxylation sites is 3. The van der Waals surface area contributed by atoms with Crippen molar-refractivity contribution in [2.75, 3.05) is 0 Å². The van der Waals surface area contributed by atoms with Crippen molar-refractivity contribution in [3.8, 4) is 17.3 Å². The molecule has 0 atom stereocenters. The summed E-state index contributed by atoms with van der Waals surface area (Å²) in [7, 11) is 0. The van der Waals surface area contributed by atoms with Gasteiger partial charge in [0.2, 0.25) is 5.69 Å². The zero-order valence-electron chi connectivity index (χ0n) is 36.0. The maximum absolute atomic E-state index is 9.13. The second-order valence-electron chi connectivity index (χ2n) is 16.7. The third kappa shape index (κ3) is 6.74. The summed E-state index contributed by atoms with van der Waals surface area (Å²) in [4.78, 5) is 9.23. The Morgan fingerprint density at radius 2 is 1.43 bits per heavy atom. The smallest absolute Gasteiger partial charge is 0.509 e. The summed E-state index contributed by atoms with van der Waals surface area (Å²) in [6.45, 7) is 19.3. The van der Waals surface area contributed by atoms with Crippen LogP contribution in [0.4, 0.5) is 22.7 Å². The summed E-state index contributed by atoms with van der Waals surface area (Å²) in [6, 6.07) is 31.4. The van der Waals surface area contributed by atoms with Crippen LogP contribution in [0.2, 0.25) is 0 Å². The molecule has 1 aliphatic rings. The minimum absolute atomic E-state index is 0. The van der Waals surface area contributed by atoms with Crippen molar-refractivity contribution in [3.05, 3.63) is 138 Å². The number of benzene rings is 4. The predicted molar refractivity (Wildman–Crippen MR) is 217 cm³/mol. The van der Waals surface area contributed by atoms with Crippen LogP contribution in [0.3, 0.4) is 0 Å². The summed E-state index contributed by atoms with van der Waals surface area (Å²) in [5.41, 5.74) is 6.09. The fourth-order valence-corrected chi connectivity index (χ4v) is 6.80. The van der Waals surface area contributed by atoms with Gasteiger partial charge in [0.15, 0.2) is 0 Å². The fraction of sp³-hybridized carbons (Fsp3) is 0.255. The normalized spacial score (nSPS) is 14.1. The van der Waals surface area contributed by atoms with Gasteiger partial charge in [0.05, 0.1) is 5.48 Å². The van der Waals surface area contributed by atoms with Crippen molar-refractivity contribution in [2.45, 2.75) is 78.6 Å². The van der Waals surface area contributed by atoms with Crippen molar-refractivity contribution < 1.29 is 31.3 Å². The minimum Gasteiger partial charge on any atom is -0.509 e. The third-order valence-electron chi connectivity index (χ3n) is 9.70. The van der Waals surface area contributed by atoms with E-state index in [2.05, 4.69) is 96.1 Å². The van der Waals surface area contributed by atoms with E-state index in [1.807, 2.05) is 73.1 Å². The Morgan fingerprint density at radius 3 is 2.15 bits per heavy atom. The number of hydrogen-bond acceptors (Lipinski definition) is 3. The van der Waals surface area contributed by atoms with Gasteiger partial charge in [-0.15, -0.1) is 29.1 Å². The maximum atomic E-state index is 9.13. The van der Waals surface area contributed by atoms with Crippen LogP contribution in [-0.4, -0.2) is 20.5 Å². The molecule has 0 saturated heterocycles. The molecular weight excluding hydrogens is 846 g/mol. The first-order chi connectivity index (χ1) is 26.8. The van der Waals surface area contributed by atoms with E-state index in [1.54, 1.807) is 15.3 Å². The van der Waals surface area contributed by atoms with E-state index in [0.29, 0.717) is 22.9 Å². The van der Waals surface area contributed by atoms with Crippen molar-refractivity contribution >= 4 is 50.6 Å². The van der Waals surface area contributed by atoms with Crippen LogP contribution in [0, 0.1) is 12.1 Å². The summed E-state index contributed by atoms with van der Waals surface area (Å²) in [5, 5.41) is 1.94. The molecule has 1 aliphatic heterocycles. The van der Waals surface area contributed by atoms with Crippen LogP contribution in [0.1, 0.15) is 84.5 Å². The van der Waals surface area contributed by atoms with Gasteiger partial charge < -0.3 is 9.30 Å². The Bertz CT molecular complexity index is 2870. The average Bonchev–Trinajstić information content (AvgIpc) is 3.72. The zero-order valence-corrected chi connectivity index (χ0v) is 34.3. The molecule has 7 aromatic rings. The van der Waals surface area contributed by atoms with Gasteiger partial charge in [-0.3, -0.25) is 4.98 Å². The van der Waals surface area contributed by atoms with Crippen LogP contribution in [-0.2, 0) is 37.3 Å². The molecule has 0 aliphatic carbocycles. The molecule has 0 spiro atoms. The predicted octanol–water partition coefficient (Wildman–Crippen LogP) is 11.7. The molecule has 272 valence electrons. The van der Waals surface area contributed by atoms with E-state index < -0.39 is 0 Å². The van der Waals surface area contributed by atoms with Crippen LogP contribution in [0.15, 0.2) is 109 Å². The van der Waals surface area contributed by atoms with Gasteiger partial charge in [-0.05, 0) is 50.0 Å². The van der Waals surface area contributed by atoms with Gasteiger partial charge in [-0.25, -0.2) is 4.98 Å². The van der Waals surface area contributed by atoms with Crippen LogP contribution in [0.25, 0.3) is 27.6 Å². The molecule has 0 fully saturated rings. The molecule has 0 bridgehead atoms. The van der Waals surface area contributed by atoms with Crippen molar-refractivity contribution in [1.29, 1.82) is 0 Å². The molecule has 54 heavy (non-hydrogen) atoms. The molecule has 0 N–H and O–H groups in total. The number of hydrogen-bond donors (Lipinski definition) is 0. The van der Waals surface area contributed by atoms with Gasteiger partial charge >= 0.3 is 27.1 Å². The summed E-state index contributed by atoms with van der Waals surface area (Å²) in [5.74, 6) is 1.66. The monoisotopic (exact) mass is 894 g/mol. The Balaban J connectivity index is 0.00000512. The van der Waals surface area contributed by atoms with E-state index in [0.717, 1.165) is 50.0 Å². The Kier molecular flexibility index (Phi) is 8.14. The van der Waals surface area contributed by atoms with E-state index in [-0.39, 0.29) is 67.2 Å². The van der Waals surface area contributed by atoms with Crippen molar-refractivity contribution in [2.24, 2.45) is 0 Å². The molecule has 3 aromatic heterocycles. The van der Waals surface area contributed by atoms with Gasteiger partial charge in [-0.1, -0.05) is 115 Å². The second-order valence-corrected chi connectivity index (χ2v) is 16.7. The van der Waals surface area contributed by atoms with Crippen molar-refractivity contribution in [3.63, 3.8) is 0 Å². The van der Waals surface area contributed by atoms with E-state index in [1.165, 1.54) is 0 Å².